The van der Waals surface area contributed by atoms with Crippen LogP contribution in [0.15, 0.2) is 54.6 Å². The Bertz CT molecular complexity index is 762. The zero-order valence-corrected chi connectivity index (χ0v) is 17.4. The Morgan fingerprint density at radius 1 is 1.00 bits per heavy atom. The van der Waals surface area contributed by atoms with E-state index in [1.54, 1.807) is 36.3 Å². The Morgan fingerprint density at radius 3 is 2.24 bits per heavy atom. The topological polar surface area (TPSA) is 67.9 Å². The fourth-order valence-corrected chi connectivity index (χ4v) is 2.97. The molecule has 0 aromatic heterocycles. The summed E-state index contributed by atoms with van der Waals surface area (Å²) in [7, 11) is 1.59. The van der Waals surface area contributed by atoms with Crippen molar-refractivity contribution in [3.63, 3.8) is 0 Å². The van der Waals surface area contributed by atoms with Gasteiger partial charge >= 0.3 is 0 Å². The SMILES string of the molecule is CCCNC(=O)C(CC)N(Cc1ccccc1)C(=O)COc1ccc(OC)cc1. The number of nitrogens with zero attached hydrogens (tertiary/aromatic N) is 1. The first-order valence-electron chi connectivity index (χ1n) is 9.97. The second-order valence-electron chi connectivity index (χ2n) is 6.69. The number of nitrogens with one attached hydrogen (secondary N) is 1. The third-order valence-corrected chi connectivity index (χ3v) is 4.55. The summed E-state index contributed by atoms with van der Waals surface area (Å²) in [6.07, 6.45) is 1.37. The highest BCUT2D eigenvalue weighted by atomic mass is 16.5. The number of ether oxygens (including phenoxy) is 2. The summed E-state index contributed by atoms with van der Waals surface area (Å²) in [6.45, 7) is 4.70. The summed E-state index contributed by atoms with van der Waals surface area (Å²) < 4.78 is 10.8. The monoisotopic (exact) mass is 398 g/mol. The van der Waals surface area contributed by atoms with E-state index in [0.29, 0.717) is 31.0 Å². The molecule has 0 aliphatic heterocycles. The van der Waals surface area contributed by atoms with Gasteiger partial charge in [0.05, 0.1) is 7.11 Å². The van der Waals surface area contributed by atoms with Crippen LogP contribution in [0.1, 0.15) is 32.3 Å². The Hall–Kier alpha value is -3.02. The van der Waals surface area contributed by atoms with Crippen LogP contribution in [-0.4, -0.2) is 43.0 Å². The molecule has 0 fully saturated rings. The summed E-state index contributed by atoms with van der Waals surface area (Å²) in [6, 6.07) is 16.2. The van der Waals surface area contributed by atoms with Gasteiger partial charge < -0.3 is 19.7 Å². The quantitative estimate of drug-likeness (QED) is 0.630. The number of hydrogen-bond acceptors (Lipinski definition) is 4. The van der Waals surface area contributed by atoms with Crippen LogP contribution in [0.25, 0.3) is 0 Å². The van der Waals surface area contributed by atoms with Gasteiger partial charge in [-0.3, -0.25) is 9.59 Å². The maximum Gasteiger partial charge on any atom is 0.261 e. The lowest BCUT2D eigenvalue weighted by Crippen LogP contribution is -2.50. The number of benzene rings is 2. The van der Waals surface area contributed by atoms with Gasteiger partial charge in [0.2, 0.25) is 5.91 Å². The molecule has 0 aliphatic rings. The van der Waals surface area contributed by atoms with Crippen LogP contribution < -0.4 is 14.8 Å². The van der Waals surface area contributed by atoms with Gasteiger partial charge in [-0.2, -0.15) is 0 Å². The highest BCUT2D eigenvalue weighted by Crippen LogP contribution is 2.18. The second-order valence-corrected chi connectivity index (χ2v) is 6.69. The van der Waals surface area contributed by atoms with E-state index in [2.05, 4.69) is 5.32 Å². The molecule has 0 saturated heterocycles. The normalized spacial score (nSPS) is 11.4. The Kier molecular flexibility index (Phi) is 9.02. The predicted molar refractivity (Wildman–Crippen MR) is 113 cm³/mol. The van der Waals surface area contributed by atoms with Crippen molar-refractivity contribution in [2.75, 3.05) is 20.3 Å². The molecule has 0 radical (unpaired) electrons. The zero-order valence-electron chi connectivity index (χ0n) is 17.4. The largest absolute Gasteiger partial charge is 0.497 e. The molecule has 1 atom stereocenters. The number of amides is 2. The Balaban J connectivity index is 2.13. The van der Waals surface area contributed by atoms with E-state index in [4.69, 9.17) is 9.47 Å². The van der Waals surface area contributed by atoms with E-state index >= 15 is 0 Å². The minimum Gasteiger partial charge on any atom is -0.497 e. The molecular formula is C23H30N2O4. The van der Waals surface area contributed by atoms with E-state index < -0.39 is 6.04 Å². The van der Waals surface area contributed by atoms with Gasteiger partial charge in [0.25, 0.3) is 5.91 Å². The van der Waals surface area contributed by atoms with Gasteiger partial charge in [-0.05, 0) is 42.7 Å². The maximum absolute atomic E-state index is 13.0. The van der Waals surface area contributed by atoms with Crippen molar-refractivity contribution in [2.24, 2.45) is 0 Å². The fraction of sp³-hybridized carbons (Fsp3) is 0.391. The first kappa shape index (κ1) is 22.3. The summed E-state index contributed by atoms with van der Waals surface area (Å²) in [4.78, 5) is 27.3. The lowest BCUT2D eigenvalue weighted by atomic mass is 10.1. The molecule has 29 heavy (non-hydrogen) atoms. The number of rotatable bonds is 11. The third kappa shape index (κ3) is 6.82. The zero-order chi connectivity index (χ0) is 21.1. The highest BCUT2D eigenvalue weighted by Gasteiger charge is 2.28. The van der Waals surface area contributed by atoms with Crippen molar-refractivity contribution in [2.45, 2.75) is 39.3 Å². The summed E-state index contributed by atoms with van der Waals surface area (Å²) >= 11 is 0. The minimum atomic E-state index is -0.547. The number of methoxy groups -OCH3 is 1. The molecule has 2 aromatic rings. The van der Waals surface area contributed by atoms with Crippen molar-refractivity contribution < 1.29 is 19.1 Å². The molecule has 6 heteroatoms. The molecule has 6 nitrogen and oxygen atoms in total. The first-order valence-corrected chi connectivity index (χ1v) is 9.97. The van der Waals surface area contributed by atoms with Crippen molar-refractivity contribution >= 4 is 11.8 Å². The standard InChI is InChI=1S/C23H30N2O4/c1-4-15-24-23(27)21(5-2)25(16-18-9-7-6-8-10-18)22(26)17-29-20-13-11-19(28-3)12-14-20/h6-14,21H,4-5,15-17H2,1-3H3,(H,24,27). The van der Waals surface area contributed by atoms with E-state index in [9.17, 15) is 9.59 Å². The van der Waals surface area contributed by atoms with Gasteiger partial charge in [0.15, 0.2) is 6.61 Å². The Labute approximate surface area is 172 Å². The van der Waals surface area contributed by atoms with Gasteiger partial charge in [-0.1, -0.05) is 44.2 Å². The van der Waals surface area contributed by atoms with E-state index in [-0.39, 0.29) is 18.4 Å². The molecule has 1 N–H and O–H groups in total. The van der Waals surface area contributed by atoms with Crippen LogP contribution >= 0.6 is 0 Å². The van der Waals surface area contributed by atoms with Crippen LogP contribution in [0.3, 0.4) is 0 Å². The molecule has 2 rings (SSSR count). The molecule has 0 aliphatic carbocycles. The van der Waals surface area contributed by atoms with E-state index in [1.807, 2.05) is 44.2 Å². The van der Waals surface area contributed by atoms with Crippen LogP contribution in [0.2, 0.25) is 0 Å². The lowest BCUT2D eigenvalue weighted by Gasteiger charge is -2.30. The molecule has 0 saturated carbocycles. The predicted octanol–water partition coefficient (Wildman–Crippen LogP) is 3.41. The average molecular weight is 399 g/mol. The molecular weight excluding hydrogens is 368 g/mol. The van der Waals surface area contributed by atoms with Crippen LogP contribution in [0.4, 0.5) is 0 Å². The van der Waals surface area contributed by atoms with Crippen molar-refractivity contribution in [1.29, 1.82) is 0 Å². The lowest BCUT2D eigenvalue weighted by molar-refractivity contribution is -0.143. The maximum atomic E-state index is 13.0. The van der Waals surface area contributed by atoms with Crippen LogP contribution in [-0.2, 0) is 16.1 Å². The summed E-state index contributed by atoms with van der Waals surface area (Å²) in [5, 5.41) is 2.90. The van der Waals surface area contributed by atoms with Gasteiger partial charge in [-0.15, -0.1) is 0 Å². The number of carbonyl (C=O) groups excluding carboxylic acids is 2. The summed E-state index contributed by atoms with van der Waals surface area (Å²) in [5.41, 5.74) is 0.965. The first-order chi connectivity index (χ1) is 14.1. The minimum absolute atomic E-state index is 0.136. The molecule has 1 unspecified atom stereocenters. The van der Waals surface area contributed by atoms with Gasteiger partial charge in [0, 0.05) is 13.1 Å². The van der Waals surface area contributed by atoms with E-state index in [1.165, 1.54) is 0 Å². The van der Waals surface area contributed by atoms with Gasteiger partial charge in [-0.25, -0.2) is 0 Å². The fourth-order valence-electron chi connectivity index (χ4n) is 2.97. The average Bonchev–Trinajstić information content (AvgIpc) is 2.76. The highest BCUT2D eigenvalue weighted by molar-refractivity contribution is 5.88. The number of carbonyl (C=O) groups is 2. The van der Waals surface area contributed by atoms with Gasteiger partial charge in [0.1, 0.15) is 17.5 Å². The van der Waals surface area contributed by atoms with Crippen molar-refractivity contribution in [1.82, 2.24) is 10.2 Å². The van der Waals surface area contributed by atoms with Crippen molar-refractivity contribution in [3.8, 4) is 11.5 Å². The van der Waals surface area contributed by atoms with Crippen LogP contribution in [0, 0.1) is 0 Å². The smallest absolute Gasteiger partial charge is 0.261 e. The molecule has 0 spiro atoms. The third-order valence-electron chi connectivity index (χ3n) is 4.55. The molecule has 0 heterocycles. The molecule has 156 valence electrons. The molecule has 0 bridgehead atoms. The number of hydrogen-bond donors (Lipinski definition) is 1. The van der Waals surface area contributed by atoms with Crippen LogP contribution in [0.5, 0.6) is 11.5 Å². The molecule has 2 aromatic carbocycles. The Morgan fingerprint density at radius 2 is 1.66 bits per heavy atom. The second kappa shape index (κ2) is 11.7. The van der Waals surface area contributed by atoms with E-state index in [0.717, 1.165) is 12.0 Å². The van der Waals surface area contributed by atoms with Crippen molar-refractivity contribution in [3.05, 3.63) is 60.2 Å². The summed E-state index contributed by atoms with van der Waals surface area (Å²) in [5.74, 6) is 0.918. The molecule has 2 amide bonds.